The molecular weight excluding hydrogens is 346 g/mol. The third-order valence-electron chi connectivity index (χ3n) is 4.86. The molecule has 7 nitrogen and oxygen atoms in total. The number of amides is 1. The summed E-state index contributed by atoms with van der Waals surface area (Å²) in [7, 11) is 2.93. The van der Waals surface area contributed by atoms with E-state index in [0.717, 1.165) is 19.3 Å². The van der Waals surface area contributed by atoms with Gasteiger partial charge in [0.05, 0.1) is 18.5 Å². The summed E-state index contributed by atoms with van der Waals surface area (Å²) in [6.07, 6.45) is 3.13. The number of carbonyl (C=O) groups is 2. The number of hydrogen-bond acceptors (Lipinski definition) is 5. The van der Waals surface area contributed by atoms with Crippen LogP contribution in [0, 0.1) is 6.92 Å². The maximum atomic E-state index is 12.8. The Kier molecular flexibility index (Phi) is 5.48. The van der Waals surface area contributed by atoms with Crippen LogP contribution in [0.4, 0.5) is 5.69 Å². The monoisotopic (exact) mass is 371 g/mol. The number of anilines is 1. The average molecular weight is 371 g/mol. The van der Waals surface area contributed by atoms with Gasteiger partial charge in [-0.15, -0.1) is 0 Å². The van der Waals surface area contributed by atoms with Crippen LogP contribution >= 0.6 is 0 Å². The Balaban J connectivity index is 1.77. The molecular formula is C20H25N3O4. The Morgan fingerprint density at radius 1 is 1.30 bits per heavy atom. The molecule has 1 aromatic carbocycles. The highest BCUT2D eigenvalue weighted by molar-refractivity contribution is 6.02. The molecule has 144 valence electrons. The lowest BCUT2D eigenvalue weighted by atomic mass is 10.1. The van der Waals surface area contributed by atoms with Crippen LogP contribution in [0.2, 0.25) is 0 Å². The van der Waals surface area contributed by atoms with Crippen molar-refractivity contribution in [3.63, 3.8) is 0 Å². The van der Waals surface area contributed by atoms with Crippen molar-refractivity contribution in [3.05, 3.63) is 40.7 Å². The number of esters is 1. The van der Waals surface area contributed by atoms with Gasteiger partial charge in [-0.05, 0) is 55.9 Å². The van der Waals surface area contributed by atoms with Crippen LogP contribution in [0.15, 0.2) is 18.2 Å². The van der Waals surface area contributed by atoms with E-state index >= 15 is 0 Å². The highest BCUT2D eigenvalue weighted by Crippen LogP contribution is 2.27. The molecule has 0 bridgehead atoms. The molecule has 3 rings (SSSR count). The molecule has 0 radical (unpaired) electrons. The van der Waals surface area contributed by atoms with Gasteiger partial charge in [-0.2, -0.15) is 5.10 Å². The Labute approximate surface area is 158 Å². The van der Waals surface area contributed by atoms with Crippen LogP contribution in [-0.4, -0.2) is 34.9 Å². The second-order valence-electron chi connectivity index (χ2n) is 6.71. The summed E-state index contributed by atoms with van der Waals surface area (Å²) in [6.45, 7) is 3.61. The largest absolute Gasteiger partial charge is 0.481 e. The molecule has 0 fully saturated rings. The molecule has 0 spiro atoms. The van der Waals surface area contributed by atoms with Crippen LogP contribution in [0.1, 0.15) is 47.1 Å². The maximum Gasteiger partial charge on any atom is 0.358 e. The summed E-state index contributed by atoms with van der Waals surface area (Å²) in [5.74, 6) is -0.186. The maximum absolute atomic E-state index is 12.8. The summed E-state index contributed by atoms with van der Waals surface area (Å²) in [4.78, 5) is 24.8. The van der Waals surface area contributed by atoms with Crippen LogP contribution < -0.4 is 10.1 Å². The minimum atomic E-state index is -0.672. The molecule has 0 saturated heterocycles. The SMILES string of the molecule is CCC(Oc1ccc2c(c1)CCC2)C(=O)Nc1c(C)nn(C)c1C(=O)OC. The van der Waals surface area contributed by atoms with Gasteiger partial charge in [0.25, 0.3) is 5.91 Å². The van der Waals surface area contributed by atoms with E-state index < -0.39 is 12.1 Å². The fourth-order valence-electron chi connectivity index (χ4n) is 3.45. The molecule has 2 aromatic rings. The van der Waals surface area contributed by atoms with E-state index in [1.807, 2.05) is 19.1 Å². The van der Waals surface area contributed by atoms with Crippen molar-refractivity contribution in [1.82, 2.24) is 9.78 Å². The number of hydrogen-bond donors (Lipinski definition) is 1. The van der Waals surface area contributed by atoms with Crippen LogP contribution in [0.5, 0.6) is 5.75 Å². The molecule has 1 unspecified atom stereocenters. The van der Waals surface area contributed by atoms with E-state index in [1.165, 1.54) is 22.9 Å². The van der Waals surface area contributed by atoms with E-state index in [2.05, 4.69) is 16.5 Å². The van der Waals surface area contributed by atoms with Gasteiger partial charge in [0, 0.05) is 7.05 Å². The highest BCUT2D eigenvalue weighted by atomic mass is 16.5. The van der Waals surface area contributed by atoms with Crippen molar-refractivity contribution in [1.29, 1.82) is 0 Å². The number of aryl methyl sites for hydroxylation is 4. The first-order valence-electron chi connectivity index (χ1n) is 9.15. The summed E-state index contributed by atoms with van der Waals surface area (Å²) in [5.41, 5.74) is 3.74. The van der Waals surface area contributed by atoms with Crippen molar-refractivity contribution < 1.29 is 19.1 Å². The number of rotatable bonds is 6. The molecule has 1 amide bonds. The van der Waals surface area contributed by atoms with Crippen molar-refractivity contribution in [3.8, 4) is 5.75 Å². The number of nitrogens with one attached hydrogen (secondary N) is 1. The standard InChI is InChI=1S/C20H25N3O4/c1-5-16(27-15-10-9-13-7-6-8-14(13)11-15)19(24)21-17-12(2)22-23(3)18(17)20(25)26-4/h9-11,16H,5-8H2,1-4H3,(H,21,24). The predicted octanol–water partition coefficient (Wildman–Crippen LogP) is 2.80. The Bertz CT molecular complexity index is 872. The van der Waals surface area contributed by atoms with Gasteiger partial charge in [0.1, 0.15) is 5.75 Å². The van der Waals surface area contributed by atoms with Gasteiger partial charge >= 0.3 is 5.97 Å². The van der Waals surface area contributed by atoms with Gasteiger partial charge < -0.3 is 14.8 Å². The quantitative estimate of drug-likeness (QED) is 0.790. The second-order valence-corrected chi connectivity index (χ2v) is 6.71. The third-order valence-corrected chi connectivity index (χ3v) is 4.86. The molecule has 1 aliphatic rings. The van der Waals surface area contributed by atoms with Crippen molar-refractivity contribution >= 4 is 17.6 Å². The molecule has 1 aromatic heterocycles. The molecule has 1 atom stereocenters. The Morgan fingerprint density at radius 3 is 2.74 bits per heavy atom. The minimum Gasteiger partial charge on any atom is -0.481 e. The van der Waals surface area contributed by atoms with E-state index in [1.54, 1.807) is 14.0 Å². The summed E-state index contributed by atoms with van der Waals surface area (Å²) < 4.78 is 12.1. The topological polar surface area (TPSA) is 82.5 Å². The van der Waals surface area contributed by atoms with Crippen molar-refractivity contribution in [2.24, 2.45) is 7.05 Å². The molecule has 1 N–H and O–H groups in total. The summed E-state index contributed by atoms with van der Waals surface area (Å²) in [5, 5.41) is 6.99. The van der Waals surface area contributed by atoms with E-state index in [-0.39, 0.29) is 11.6 Å². The zero-order valence-electron chi connectivity index (χ0n) is 16.2. The number of methoxy groups -OCH3 is 1. The molecule has 1 aliphatic carbocycles. The second kappa shape index (κ2) is 7.82. The fourth-order valence-corrected chi connectivity index (χ4v) is 3.45. The lowest BCUT2D eigenvalue weighted by Crippen LogP contribution is -2.33. The van der Waals surface area contributed by atoms with Crippen LogP contribution in [0.3, 0.4) is 0 Å². The average Bonchev–Trinajstić information content (AvgIpc) is 3.22. The zero-order valence-corrected chi connectivity index (χ0v) is 16.2. The first-order valence-corrected chi connectivity index (χ1v) is 9.15. The molecule has 27 heavy (non-hydrogen) atoms. The van der Waals surface area contributed by atoms with Gasteiger partial charge in [0.15, 0.2) is 11.8 Å². The molecule has 0 aliphatic heterocycles. The number of aromatic nitrogens is 2. The van der Waals surface area contributed by atoms with Crippen LogP contribution in [-0.2, 0) is 29.4 Å². The van der Waals surface area contributed by atoms with Gasteiger partial charge in [0.2, 0.25) is 0 Å². The Hall–Kier alpha value is -2.83. The van der Waals surface area contributed by atoms with Gasteiger partial charge in [-0.25, -0.2) is 4.79 Å². The fraction of sp³-hybridized carbons (Fsp3) is 0.450. The number of carbonyl (C=O) groups excluding carboxylic acids is 2. The minimum absolute atomic E-state index is 0.204. The number of nitrogens with zero attached hydrogens (tertiary/aromatic N) is 2. The number of ether oxygens (including phenoxy) is 2. The number of fused-ring (bicyclic) bond motifs is 1. The molecule has 0 saturated carbocycles. The van der Waals surface area contributed by atoms with E-state index in [9.17, 15) is 9.59 Å². The van der Waals surface area contributed by atoms with Crippen molar-refractivity contribution in [2.75, 3.05) is 12.4 Å². The summed E-state index contributed by atoms with van der Waals surface area (Å²) >= 11 is 0. The molecule has 7 heteroatoms. The van der Waals surface area contributed by atoms with Crippen molar-refractivity contribution in [2.45, 2.75) is 45.6 Å². The normalized spacial score (nSPS) is 13.8. The Morgan fingerprint density at radius 2 is 2.04 bits per heavy atom. The number of benzene rings is 1. The van der Waals surface area contributed by atoms with E-state index in [0.29, 0.717) is 23.6 Å². The van der Waals surface area contributed by atoms with E-state index in [4.69, 9.17) is 9.47 Å². The smallest absolute Gasteiger partial charge is 0.358 e. The zero-order chi connectivity index (χ0) is 19.6. The summed E-state index contributed by atoms with van der Waals surface area (Å²) in [6, 6.07) is 6.01. The third kappa shape index (κ3) is 3.82. The first-order chi connectivity index (χ1) is 12.9. The lowest BCUT2D eigenvalue weighted by molar-refractivity contribution is -0.122. The lowest BCUT2D eigenvalue weighted by Gasteiger charge is -2.18. The van der Waals surface area contributed by atoms with Gasteiger partial charge in [-0.3, -0.25) is 9.48 Å². The highest BCUT2D eigenvalue weighted by Gasteiger charge is 2.26. The molecule has 1 heterocycles. The van der Waals surface area contributed by atoms with Crippen LogP contribution in [0.25, 0.3) is 0 Å². The predicted molar refractivity (Wildman–Crippen MR) is 101 cm³/mol. The first kappa shape index (κ1) is 18.9. The van der Waals surface area contributed by atoms with Gasteiger partial charge in [-0.1, -0.05) is 13.0 Å².